The van der Waals surface area contributed by atoms with E-state index < -0.39 is 16.1 Å². The van der Waals surface area contributed by atoms with Gasteiger partial charge in [0.1, 0.15) is 11.8 Å². The second kappa shape index (κ2) is 10.9. The van der Waals surface area contributed by atoms with Gasteiger partial charge in [0, 0.05) is 11.6 Å². The van der Waals surface area contributed by atoms with Crippen molar-refractivity contribution in [1.29, 1.82) is 0 Å². The minimum atomic E-state index is -3.87. The Bertz CT molecular complexity index is 961. The molecule has 2 rings (SSSR count). The van der Waals surface area contributed by atoms with Crippen molar-refractivity contribution < 1.29 is 17.9 Å². The van der Waals surface area contributed by atoms with Crippen LogP contribution in [0.1, 0.15) is 25.5 Å². The minimum Gasteiger partial charge on any atom is -0.497 e. The fourth-order valence-corrected chi connectivity index (χ4v) is 4.54. The second-order valence-corrected chi connectivity index (χ2v) is 9.95. The molecule has 2 N–H and O–H groups in total. The van der Waals surface area contributed by atoms with Crippen LogP contribution < -0.4 is 14.8 Å². The third-order valence-corrected chi connectivity index (χ3v) is 6.66. The van der Waals surface area contributed by atoms with Crippen molar-refractivity contribution in [2.24, 2.45) is 5.92 Å². The van der Waals surface area contributed by atoms with Crippen LogP contribution in [0.25, 0.3) is 0 Å². The van der Waals surface area contributed by atoms with Crippen molar-refractivity contribution in [3.05, 3.63) is 59.1 Å². The summed E-state index contributed by atoms with van der Waals surface area (Å²) in [6, 6.07) is 12.4. The molecule has 0 radical (unpaired) electrons. The van der Waals surface area contributed by atoms with E-state index >= 15 is 0 Å². The number of nitrogens with one attached hydrogen (secondary N) is 2. The van der Waals surface area contributed by atoms with E-state index in [1.807, 2.05) is 43.3 Å². The van der Waals surface area contributed by atoms with Crippen molar-refractivity contribution in [3.63, 3.8) is 0 Å². The number of hydrogen-bond donors (Lipinski definition) is 2. The van der Waals surface area contributed by atoms with Crippen LogP contribution in [0.5, 0.6) is 5.75 Å². The predicted octanol–water partition coefficient (Wildman–Crippen LogP) is 3.07. The molecular weight excluding hydrogens is 438 g/mol. The average Bonchev–Trinajstić information content (AvgIpc) is 2.72. The zero-order chi connectivity index (χ0) is 23.2. The van der Waals surface area contributed by atoms with Gasteiger partial charge in [-0.1, -0.05) is 37.6 Å². The molecule has 0 bridgehead atoms. The van der Waals surface area contributed by atoms with Crippen LogP contribution >= 0.6 is 11.6 Å². The number of amides is 1. The van der Waals surface area contributed by atoms with Crippen molar-refractivity contribution in [2.75, 3.05) is 27.7 Å². The Morgan fingerprint density at radius 1 is 1.06 bits per heavy atom. The highest BCUT2D eigenvalue weighted by Crippen LogP contribution is 2.21. The summed E-state index contributed by atoms with van der Waals surface area (Å²) in [6.07, 6.45) is 0. The molecule has 2 aromatic rings. The first-order valence-corrected chi connectivity index (χ1v) is 11.8. The number of ether oxygens (including phenoxy) is 1. The van der Waals surface area contributed by atoms with Crippen LogP contribution in [0, 0.1) is 5.92 Å². The first-order valence-electron chi connectivity index (χ1n) is 9.91. The molecule has 2 atom stereocenters. The second-order valence-electron chi connectivity index (χ2n) is 7.79. The molecule has 0 fully saturated rings. The smallest absolute Gasteiger partial charge is 0.241 e. The summed E-state index contributed by atoms with van der Waals surface area (Å²) in [4.78, 5) is 15.0. The van der Waals surface area contributed by atoms with Crippen molar-refractivity contribution >= 4 is 27.5 Å². The zero-order valence-electron chi connectivity index (χ0n) is 18.4. The van der Waals surface area contributed by atoms with Crippen LogP contribution in [0.4, 0.5) is 0 Å². The largest absolute Gasteiger partial charge is 0.497 e. The number of benzene rings is 2. The van der Waals surface area contributed by atoms with Gasteiger partial charge in [-0.3, -0.25) is 4.79 Å². The van der Waals surface area contributed by atoms with Gasteiger partial charge in [-0.2, -0.15) is 4.72 Å². The molecule has 0 aliphatic heterocycles. The van der Waals surface area contributed by atoms with E-state index in [-0.39, 0.29) is 22.8 Å². The highest BCUT2D eigenvalue weighted by Gasteiger charge is 2.29. The minimum absolute atomic E-state index is 0.0553. The number of halogens is 1. The molecule has 0 aromatic heterocycles. The average molecular weight is 468 g/mol. The van der Waals surface area contributed by atoms with Crippen LogP contribution in [-0.2, 0) is 14.8 Å². The molecule has 170 valence electrons. The molecule has 1 amide bonds. The van der Waals surface area contributed by atoms with Crippen molar-refractivity contribution in [3.8, 4) is 5.75 Å². The van der Waals surface area contributed by atoms with Crippen LogP contribution in [-0.4, -0.2) is 53.0 Å². The molecule has 0 saturated carbocycles. The van der Waals surface area contributed by atoms with Gasteiger partial charge < -0.3 is 15.0 Å². The summed E-state index contributed by atoms with van der Waals surface area (Å²) < 4.78 is 33.2. The summed E-state index contributed by atoms with van der Waals surface area (Å²) in [5, 5.41) is 3.33. The van der Waals surface area contributed by atoms with E-state index in [4.69, 9.17) is 16.3 Å². The molecule has 2 aromatic carbocycles. The number of hydrogen-bond acceptors (Lipinski definition) is 5. The zero-order valence-corrected chi connectivity index (χ0v) is 20.0. The number of nitrogens with zero attached hydrogens (tertiary/aromatic N) is 1. The number of carbonyl (C=O) groups is 1. The maximum Gasteiger partial charge on any atom is 0.241 e. The third-order valence-electron chi connectivity index (χ3n) is 4.95. The lowest BCUT2D eigenvalue weighted by atomic mass is 10.0. The summed E-state index contributed by atoms with van der Waals surface area (Å²) in [5.74, 6) is 0.121. The highest BCUT2D eigenvalue weighted by molar-refractivity contribution is 7.89. The summed E-state index contributed by atoms with van der Waals surface area (Å²) in [6.45, 7) is 3.91. The highest BCUT2D eigenvalue weighted by atomic mass is 35.5. The molecule has 9 heteroatoms. The van der Waals surface area contributed by atoms with E-state index in [2.05, 4.69) is 10.0 Å². The molecule has 0 aliphatic rings. The van der Waals surface area contributed by atoms with Crippen LogP contribution in [0.3, 0.4) is 0 Å². The molecule has 0 aliphatic carbocycles. The maximum atomic E-state index is 12.9. The number of sulfonamides is 1. The van der Waals surface area contributed by atoms with Crippen LogP contribution in [0.15, 0.2) is 53.4 Å². The summed E-state index contributed by atoms with van der Waals surface area (Å²) in [5.41, 5.74) is 1.01. The molecule has 7 nitrogen and oxygen atoms in total. The Labute approximate surface area is 189 Å². The summed E-state index contributed by atoms with van der Waals surface area (Å²) >= 11 is 5.84. The lowest BCUT2D eigenvalue weighted by molar-refractivity contribution is -0.123. The Balaban J connectivity index is 2.12. The monoisotopic (exact) mass is 467 g/mol. The molecule has 0 heterocycles. The van der Waals surface area contributed by atoms with E-state index in [1.54, 1.807) is 21.0 Å². The molecule has 31 heavy (non-hydrogen) atoms. The molecule has 0 spiro atoms. The van der Waals surface area contributed by atoms with Gasteiger partial charge in [0.05, 0.1) is 18.0 Å². The number of rotatable bonds is 10. The van der Waals surface area contributed by atoms with Gasteiger partial charge in [-0.15, -0.1) is 0 Å². The lowest BCUT2D eigenvalue weighted by Gasteiger charge is -2.27. The van der Waals surface area contributed by atoms with E-state index in [0.717, 1.165) is 11.3 Å². The van der Waals surface area contributed by atoms with Gasteiger partial charge >= 0.3 is 0 Å². The first kappa shape index (κ1) is 25.1. The Morgan fingerprint density at radius 2 is 1.65 bits per heavy atom. The van der Waals surface area contributed by atoms with Gasteiger partial charge in [0.15, 0.2) is 0 Å². The number of likely N-dealkylation sites (N-methyl/N-ethyl adjacent to an activating group) is 1. The first-order chi connectivity index (χ1) is 14.5. The SMILES string of the molecule is COc1ccc(C(CNC(=O)C(NS(=O)(=O)c2ccc(Cl)cc2)C(C)C)N(C)C)cc1. The van der Waals surface area contributed by atoms with Crippen molar-refractivity contribution in [2.45, 2.75) is 30.8 Å². The van der Waals surface area contributed by atoms with Gasteiger partial charge in [0.25, 0.3) is 0 Å². The fourth-order valence-electron chi connectivity index (χ4n) is 3.07. The van der Waals surface area contributed by atoms with Crippen LogP contribution in [0.2, 0.25) is 5.02 Å². The number of carbonyl (C=O) groups excluding carboxylic acids is 1. The van der Waals surface area contributed by atoms with Crippen molar-refractivity contribution in [1.82, 2.24) is 14.9 Å². The van der Waals surface area contributed by atoms with Gasteiger partial charge in [-0.25, -0.2) is 8.42 Å². The predicted molar refractivity (Wildman–Crippen MR) is 123 cm³/mol. The normalized spacial score (nSPS) is 13.8. The van der Waals surface area contributed by atoms with Gasteiger partial charge in [0.2, 0.25) is 15.9 Å². The van der Waals surface area contributed by atoms with E-state index in [9.17, 15) is 13.2 Å². The summed E-state index contributed by atoms with van der Waals surface area (Å²) in [7, 11) is 1.57. The fraction of sp³-hybridized carbons (Fsp3) is 0.409. The third kappa shape index (κ3) is 6.93. The van der Waals surface area contributed by atoms with E-state index in [0.29, 0.717) is 11.6 Å². The Kier molecular flexibility index (Phi) is 8.88. The molecular formula is C22H30ClN3O4S. The maximum absolute atomic E-state index is 12.9. The standard InChI is InChI=1S/C22H30ClN3O4S/c1-15(2)21(25-31(28,29)19-12-8-17(23)9-13-19)22(27)24-14-20(26(3)4)16-6-10-18(30-5)11-7-16/h6-13,15,20-21,25H,14H2,1-5H3,(H,24,27). The number of methoxy groups -OCH3 is 1. The topological polar surface area (TPSA) is 87.7 Å². The van der Waals surface area contributed by atoms with E-state index in [1.165, 1.54) is 24.3 Å². The molecule has 2 unspecified atom stereocenters. The van der Waals surface area contributed by atoms with Gasteiger partial charge in [-0.05, 0) is 62.0 Å². The molecule has 0 saturated heterocycles. The lowest BCUT2D eigenvalue weighted by Crippen LogP contribution is -2.50. The Hall–Kier alpha value is -2.13. The Morgan fingerprint density at radius 3 is 2.13 bits per heavy atom. The quantitative estimate of drug-likeness (QED) is 0.560.